The zero-order valence-electron chi connectivity index (χ0n) is 20.7. The Labute approximate surface area is 215 Å². The zero-order valence-corrected chi connectivity index (χ0v) is 22.3. The summed E-state index contributed by atoms with van der Waals surface area (Å²) in [6.07, 6.45) is -0.343. The molecule has 2 aliphatic heterocycles. The summed E-state index contributed by atoms with van der Waals surface area (Å²) in [5.41, 5.74) is 0. The van der Waals surface area contributed by atoms with Crippen LogP contribution in [0.5, 0.6) is 0 Å². The maximum absolute atomic E-state index is 12.7. The van der Waals surface area contributed by atoms with Crippen LogP contribution in [0.2, 0.25) is 5.15 Å². The Balaban J connectivity index is 1.53. The Morgan fingerprint density at radius 3 is 2.46 bits per heavy atom. The lowest BCUT2D eigenvalue weighted by molar-refractivity contribution is -0.129. The molecule has 1 N–H and O–H groups in total. The van der Waals surface area contributed by atoms with Crippen LogP contribution in [0, 0.1) is 0 Å². The predicted octanol–water partition coefficient (Wildman–Crippen LogP) is 2.15. The minimum absolute atomic E-state index is 0.00203. The summed E-state index contributed by atoms with van der Waals surface area (Å²) >= 11 is 7.51. The van der Waals surface area contributed by atoms with Gasteiger partial charge in [0.25, 0.3) is 0 Å². The number of nitrogens with zero attached hydrogens (tertiary/aromatic N) is 6. The third-order valence-electron chi connectivity index (χ3n) is 5.77. The van der Waals surface area contributed by atoms with Crippen LogP contribution < -0.4 is 10.2 Å². The zero-order chi connectivity index (χ0) is 25.5. The van der Waals surface area contributed by atoms with E-state index in [2.05, 4.69) is 20.2 Å². The van der Waals surface area contributed by atoms with E-state index >= 15 is 0 Å². The maximum atomic E-state index is 12.7. The number of carbonyl (C=O) groups excluding carboxylic acids is 3. The van der Waals surface area contributed by atoms with E-state index in [1.54, 1.807) is 22.8 Å². The molecule has 35 heavy (non-hydrogen) atoms. The molecule has 1 unspecified atom stereocenters. The van der Waals surface area contributed by atoms with Gasteiger partial charge < -0.3 is 29.7 Å². The molecule has 11 nitrogen and oxygen atoms in total. The van der Waals surface area contributed by atoms with Gasteiger partial charge in [0.15, 0.2) is 5.16 Å². The number of hydrogen-bond donors (Lipinski definition) is 1. The summed E-state index contributed by atoms with van der Waals surface area (Å²) in [5.74, 6) is 0.819. The standard InChI is InChI=1S/C22H34ClN7O4S/c1-5-34-22(33)28-8-6-27(7-9-28)19(31)14-35-20-25-17(23)12-18(26-20)29-10-11-30(16(4)13-29)21(32)24-15(2)3/h12,15-16H,5-11,13-14H2,1-4H3,(H,24,32). The molecule has 2 fully saturated rings. The number of hydrogen-bond acceptors (Lipinski definition) is 8. The molecule has 0 radical (unpaired) electrons. The number of carbonyl (C=O) groups is 3. The molecular formula is C22H34ClN7O4S. The number of piperazine rings is 2. The van der Waals surface area contributed by atoms with Gasteiger partial charge in [-0.2, -0.15) is 0 Å². The lowest BCUT2D eigenvalue weighted by Gasteiger charge is -2.40. The fraction of sp³-hybridized carbons (Fsp3) is 0.682. The summed E-state index contributed by atoms with van der Waals surface area (Å²) in [5, 5.41) is 3.68. The average Bonchev–Trinajstić information content (AvgIpc) is 2.82. The minimum atomic E-state index is -0.343. The Kier molecular flexibility index (Phi) is 9.67. The summed E-state index contributed by atoms with van der Waals surface area (Å²) in [6.45, 7) is 11.6. The van der Waals surface area contributed by atoms with Gasteiger partial charge in [-0.3, -0.25) is 4.79 Å². The van der Waals surface area contributed by atoms with Gasteiger partial charge in [-0.1, -0.05) is 23.4 Å². The Bertz CT molecular complexity index is 914. The van der Waals surface area contributed by atoms with Crippen molar-refractivity contribution >= 4 is 47.2 Å². The van der Waals surface area contributed by atoms with Crippen molar-refractivity contribution in [2.45, 2.75) is 44.9 Å². The Hall–Kier alpha value is -2.47. The van der Waals surface area contributed by atoms with Crippen LogP contribution in [0.4, 0.5) is 15.4 Å². The number of ether oxygens (including phenoxy) is 1. The molecule has 0 aromatic carbocycles. The molecule has 0 bridgehead atoms. The number of aromatic nitrogens is 2. The second kappa shape index (κ2) is 12.5. The highest BCUT2D eigenvalue weighted by molar-refractivity contribution is 7.99. The van der Waals surface area contributed by atoms with E-state index in [-0.39, 0.29) is 35.9 Å². The van der Waals surface area contributed by atoms with Crippen molar-refractivity contribution in [3.63, 3.8) is 0 Å². The highest BCUT2D eigenvalue weighted by atomic mass is 35.5. The van der Waals surface area contributed by atoms with E-state index < -0.39 is 0 Å². The SMILES string of the molecule is CCOC(=O)N1CCN(C(=O)CSc2nc(Cl)cc(N3CCN(C(=O)NC(C)C)C(C)C3)n2)CC1. The predicted molar refractivity (Wildman–Crippen MR) is 135 cm³/mol. The van der Waals surface area contributed by atoms with E-state index in [9.17, 15) is 14.4 Å². The van der Waals surface area contributed by atoms with Gasteiger partial charge in [0.2, 0.25) is 5.91 Å². The largest absolute Gasteiger partial charge is 0.450 e. The van der Waals surface area contributed by atoms with Gasteiger partial charge in [-0.25, -0.2) is 19.6 Å². The molecule has 0 aliphatic carbocycles. The van der Waals surface area contributed by atoms with Gasteiger partial charge in [0.1, 0.15) is 11.0 Å². The molecular weight excluding hydrogens is 494 g/mol. The number of amides is 4. The van der Waals surface area contributed by atoms with E-state index in [4.69, 9.17) is 16.3 Å². The van der Waals surface area contributed by atoms with Crippen LogP contribution in [-0.2, 0) is 9.53 Å². The summed E-state index contributed by atoms with van der Waals surface area (Å²) in [4.78, 5) is 53.1. The van der Waals surface area contributed by atoms with Gasteiger partial charge >= 0.3 is 12.1 Å². The molecule has 1 atom stereocenters. The molecule has 0 spiro atoms. The molecule has 0 saturated carbocycles. The lowest BCUT2D eigenvalue weighted by atomic mass is 10.2. The van der Waals surface area contributed by atoms with Crippen LogP contribution in [0.25, 0.3) is 0 Å². The monoisotopic (exact) mass is 527 g/mol. The van der Waals surface area contributed by atoms with E-state index in [1.807, 2.05) is 25.7 Å². The van der Waals surface area contributed by atoms with Crippen molar-refractivity contribution in [3.8, 4) is 0 Å². The molecule has 1 aromatic heterocycles. The second-order valence-electron chi connectivity index (χ2n) is 8.78. The van der Waals surface area contributed by atoms with Crippen molar-refractivity contribution in [3.05, 3.63) is 11.2 Å². The number of anilines is 1. The number of nitrogens with one attached hydrogen (secondary N) is 1. The number of halogens is 1. The Morgan fingerprint density at radius 2 is 1.83 bits per heavy atom. The summed E-state index contributed by atoms with van der Waals surface area (Å²) < 4.78 is 5.02. The smallest absolute Gasteiger partial charge is 0.409 e. The number of rotatable bonds is 6. The first-order chi connectivity index (χ1) is 16.7. The highest BCUT2D eigenvalue weighted by Crippen LogP contribution is 2.24. The van der Waals surface area contributed by atoms with Crippen LogP contribution in [0.3, 0.4) is 0 Å². The van der Waals surface area contributed by atoms with Crippen LogP contribution in [0.15, 0.2) is 11.2 Å². The lowest BCUT2D eigenvalue weighted by Crippen LogP contribution is -2.57. The molecule has 3 heterocycles. The van der Waals surface area contributed by atoms with Gasteiger partial charge in [-0.15, -0.1) is 0 Å². The highest BCUT2D eigenvalue weighted by Gasteiger charge is 2.29. The quantitative estimate of drug-likeness (QED) is 0.340. The first-order valence-electron chi connectivity index (χ1n) is 11.9. The normalized spacial score (nSPS) is 18.6. The van der Waals surface area contributed by atoms with Gasteiger partial charge in [0, 0.05) is 64.0 Å². The molecule has 4 amide bonds. The molecule has 2 aliphatic rings. The molecule has 194 valence electrons. The average molecular weight is 528 g/mol. The maximum Gasteiger partial charge on any atom is 0.409 e. The van der Waals surface area contributed by atoms with Gasteiger partial charge in [0.05, 0.1) is 12.4 Å². The molecule has 13 heteroatoms. The summed E-state index contributed by atoms with van der Waals surface area (Å²) in [7, 11) is 0. The molecule has 3 rings (SSSR count). The van der Waals surface area contributed by atoms with Crippen LogP contribution in [0.1, 0.15) is 27.7 Å². The van der Waals surface area contributed by atoms with E-state index in [0.717, 1.165) is 0 Å². The second-order valence-corrected chi connectivity index (χ2v) is 10.1. The summed E-state index contributed by atoms with van der Waals surface area (Å²) in [6, 6.07) is 1.73. The van der Waals surface area contributed by atoms with Gasteiger partial charge in [-0.05, 0) is 27.7 Å². The van der Waals surface area contributed by atoms with Crippen molar-refractivity contribution in [2.75, 3.05) is 63.1 Å². The first-order valence-corrected chi connectivity index (χ1v) is 13.2. The fourth-order valence-electron chi connectivity index (χ4n) is 3.98. The van der Waals surface area contributed by atoms with Crippen molar-refractivity contribution in [1.29, 1.82) is 0 Å². The third kappa shape index (κ3) is 7.50. The van der Waals surface area contributed by atoms with Crippen molar-refractivity contribution < 1.29 is 19.1 Å². The topological polar surface area (TPSA) is 111 Å². The minimum Gasteiger partial charge on any atom is -0.450 e. The molecule has 1 aromatic rings. The van der Waals surface area contributed by atoms with E-state index in [0.29, 0.717) is 68.5 Å². The van der Waals surface area contributed by atoms with Crippen LogP contribution >= 0.6 is 23.4 Å². The van der Waals surface area contributed by atoms with Crippen molar-refractivity contribution in [2.24, 2.45) is 0 Å². The van der Waals surface area contributed by atoms with E-state index in [1.165, 1.54) is 11.8 Å². The van der Waals surface area contributed by atoms with Crippen molar-refractivity contribution in [1.82, 2.24) is 30.0 Å². The molecule has 2 saturated heterocycles. The third-order valence-corrected chi connectivity index (χ3v) is 6.79. The first kappa shape index (κ1) is 27.1. The number of thioether (sulfide) groups is 1. The number of urea groups is 1. The Morgan fingerprint density at radius 1 is 1.14 bits per heavy atom. The van der Waals surface area contributed by atoms with Crippen LogP contribution in [-0.4, -0.2) is 113 Å². The fourth-order valence-corrected chi connectivity index (χ4v) is 4.96.